The van der Waals surface area contributed by atoms with E-state index in [0.717, 1.165) is 17.0 Å². The number of aromatic hydroxyl groups is 1. The molecule has 1 unspecified atom stereocenters. The van der Waals surface area contributed by atoms with Crippen LogP contribution < -0.4 is 5.32 Å². The molecule has 0 heterocycles. The molecule has 2 rings (SSSR count). The smallest absolute Gasteiger partial charge is 0.134 e. The van der Waals surface area contributed by atoms with Crippen LogP contribution in [0.5, 0.6) is 5.75 Å². The summed E-state index contributed by atoms with van der Waals surface area (Å²) >= 11 is 11.8. The van der Waals surface area contributed by atoms with E-state index in [1.54, 1.807) is 12.1 Å². The summed E-state index contributed by atoms with van der Waals surface area (Å²) in [6, 6.07) is 13.4. The van der Waals surface area contributed by atoms with Crippen LogP contribution in [0.4, 0.5) is 0 Å². The second kappa shape index (κ2) is 6.98. The molecule has 2 aromatic carbocycles. The lowest BCUT2D eigenvalue weighted by Gasteiger charge is -2.18. The fourth-order valence-electron chi connectivity index (χ4n) is 2.09. The highest BCUT2D eigenvalue weighted by Gasteiger charge is 2.09. The van der Waals surface area contributed by atoms with Crippen LogP contribution in [0.15, 0.2) is 42.5 Å². The molecule has 0 saturated carbocycles. The number of phenols is 1. The Morgan fingerprint density at radius 3 is 2.40 bits per heavy atom. The largest absolute Gasteiger partial charge is 0.506 e. The Kier molecular flexibility index (Phi) is 5.30. The van der Waals surface area contributed by atoms with E-state index in [9.17, 15) is 5.11 Å². The molecule has 2 N–H and O–H groups in total. The van der Waals surface area contributed by atoms with E-state index in [1.165, 1.54) is 5.56 Å². The van der Waals surface area contributed by atoms with E-state index < -0.39 is 0 Å². The molecule has 0 aliphatic heterocycles. The highest BCUT2D eigenvalue weighted by Crippen LogP contribution is 2.24. The number of halogens is 2. The van der Waals surface area contributed by atoms with Gasteiger partial charge in [-0.2, -0.15) is 0 Å². The predicted octanol–water partition coefficient (Wildman–Crippen LogP) is 4.94. The minimum Gasteiger partial charge on any atom is -0.506 e. The average molecular weight is 310 g/mol. The Bertz CT molecular complexity index is 569. The number of hydrogen-bond acceptors (Lipinski definition) is 2. The van der Waals surface area contributed by atoms with Gasteiger partial charge in [-0.25, -0.2) is 0 Å². The number of nitrogens with one attached hydrogen (secondary N) is 1. The van der Waals surface area contributed by atoms with Gasteiger partial charge in [0, 0.05) is 17.6 Å². The minimum absolute atomic E-state index is 0.111. The highest BCUT2D eigenvalue weighted by molar-refractivity contribution is 6.32. The lowest BCUT2D eigenvalue weighted by atomic mass is 10.0. The summed E-state index contributed by atoms with van der Waals surface area (Å²) in [5, 5.41) is 14.0. The molecule has 0 bridgehead atoms. The van der Waals surface area contributed by atoms with Crippen molar-refractivity contribution in [3.05, 3.63) is 63.6 Å². The van der Waals surface area contributed by atoms with E-state index in [1.807, 2.05) is 30.3 Å². The lowest BCUT2D eigenvalue weighted by molar-refractivity contribution is 0.474. The molecule has 2 aromatic rings. The third-order valence-corrected chi connectivity index (χ3v) is 3.80. The molecule has 0 fully saturated rings. The minimum atomic E-state index is 0.111. The molecule has 0 saturated heterocycles. The number of rotatable bonds is 5. The van der Waals surface area contributed by atoms with Gasteiger partial charge in [-0.05, 0) is 41.8 Å². The van der Waals surface area contributed by atoms with Crippen LogP contribution in [0, 0.1) is 0 Å². The molecule has 0 amide bonds. The van der Waals surface area contributed by atoms with Crippen LogP contribution >= 0.6 is 23.2 Å². The fraction of sp³-hybridized carbons (Fsp3) is 0.250. The molecule has 0 radical (unpaired) electrons. The Labute approximate surface area is 129 Å². The van der Waals surface area contributed by atoms with Crippen LogP contribution in [0.1, 0.15) is 30.5 Å². The van der Waals surface area contributed by atoms with Crippen LogP contribution in [0.3, 0.4) is 0 Å². The first-order valence-corrected chi connectivity index (χ1v) is 7.32. The quantitative estimate of drug-likeness (QED) is 0.820. The van der Waals surface area contributed by atoms with Gasteiger partial charge in [0.1, 0.15) is 5.75 Å². The molecule has 4 heteroatoms. The normalized spacial score (nSPS) is 12.3. The van der Waals surface area contributed by atoms with Crippen LogP contribution in [0.2, 0.25) is 10.0 Å². The maximum Gasteiger partial charge on any atom is 0.134 e. The molecule has 2 nitrogen and oxygen atoms in total. The Morgan fingerprint density at radius 1 is 1.10 bits per heavy atom. The summed E-state index contributed by atoms with van der Waals surface area (Å²) in [5.41, 5.74) is 2.25. The lowest BCUT2D eigenvalue weighted by Crippen LogP contribution is -2.20. The predicted molar refractivity (Wildman–Crippen MR) is 84.4 cm³/mol. The van der Waals surface area contributed by atoms with Crippen molar-refractivity contribution < 1.29 is 5.11 Å². The van der Waals surface area contributed by atoms with Crippen LogP contribution in [0.25, 0.3) is 0 Å². The molecule has 0 aromatic heterocycles. The van der Waals surface area contributed by atoms with Gasteiger partial charge < -0.3 is 10.4 Å². The Balaban J connectivity index is 2.03. The third-order valence-electron chi connectivity index (χ3n) is 3.25. The molecule has 0 aliphatic rings. The molecule has 0 aliphatic carbocycles. The Morgan fingerprint density at radius 2 is 1.80 bits per heavy atom. The van der Waals surface area contributed by atoms with Crippen LogP contribution in [-0.4, -0.2) is 5.11 Å². The zero-order valence-electron chi connectivity index (χ0n) is 11.2. The summed E-state index contributed by atoms with van der Waals surface area (Å²) in [7, 11) is 0. The van der Waals surface area contributed by atoms with E-state index in [4.69, 9.17) is 23.2 Å². The van der Waals surface area contributed by atoms with E-state index in [0.29, 0.717) is 11.6 Å². The van der Waals surface area contributed by atoms with Crippen molar-refractivity contribution in [3.8, 4) is 5.75 Å². The van der Waals surface area contributed by atoms with Crippen molar-refractivity contribution in [2.45, 2.75) is 25.9 Å². The van der Waals surface area contributed by atoms with Crippen molar-refractivity contribution >= 4 is 23.2 Å². The summed E-state index contributed by atoms with van der Waals surface area (Å²) in [6.45, 7) is 2.83. The summed E-state index contributed by atoms with van der Waals surface area (Å²) in [5.74, 6) is 0.111. The summed E-state index contributed by atoms with van der Waals surface area (Å²) < 4.78 is 0. The maximum absolute atomic E-state index is 9.41. The number of benzene rings is 2. The standard InChI is InChI=1S/C16H17Cl2NO/c1-2-15(12-4-6-13(17)7-5-12)19-10-11-3-8-16(20)14(18)9-11/h3-9,15,19-20H,2,10H2,1H3. The SMILES string of the molecule is CCC(NCc1ccc(O)c(Cl)c1)c1ccc(Cl)cc1. The van der Waals surface area contributed by atoms with Gasteiger partial charge >= 0.3 is 0 Å². The van der Waals surface area contributed by atoms with Gasteiger partial charge in [0.2, 0.25) is 0 Å². The van der Waals surface area contributed by atoms with Gasteiger partial charge in [0.25, 0.3) is 0 Å². The van der Waals surface area contributed by atoms with E-state index >= 15 is 0 Å². The van der Waals surface area contributed by atoms with Gasteiger partial charge in [0.15, 0.2) is 0 Å². The Hall–Kier alpha value is -1.22. The molecule has 106 valence electrons. The van der Waals surface area contributed by atoms with Crippen molar-refractivity contribution in [2.75, 3.05) is 0 Å². The zero-order chi connectivity index (χ0) is 14.5. The van der Waals surface area contributed by atoms with Crippen molar-refractivity contribution in [3.63, 3.8) is 0 Å². The van der Waals surface area contributed by atoms with Crippen molar-refractivity contribution in [2.24, 2.45) is 0 Å². The average Bonchev–Trinajstić information content (AvgIpc) is 2.45. The van der Waals surface area contributed by atoms with Crippen LogP contribution in [-0.2, 0) is 6.54 Å². The third kappa shape index (κ3) is 3.89. The maximum atomic E-state index is 9.41. The van der Waals surface area contributed by atoms with E-state index in [-0.39, 0.29) is 11.8 Å². The first-order valence-electron chi connectivity index (χ1n) is 6.56. The van der Waals surface area contributed by atoms with Crippen molar-refractivity contribution in [1.29, 1.82) is 0 Å². The second-order valence-electron chi connectivity index (χ2n) is 4.68. The monoisotopic (exact) mass is 309 g/mol. The number of hydrogen-bond donors (Lipinski definition) is 2. The molecular formula is C16H17Cl2NO. The first-order chi connectivity index (χ1) is 9.60. The summed E-state index contributed by atoms with van der Waals surface area (Å²) in [6.07, 6.45) is 0.980. The molecule has 1 atom stereocenters. The van der Waals surface area contributed by atoms with E-state index in [2.05, 4.69) is 12.2 Å². The second-order valence-corrected chi connectivity index (χ2v) is 5.52. The van der Waals surface area contributed by atoms with Gasteiger partial charge in [-0.3, -0.25) is 0 Å². The zero-order valence-corrected chi connectivity index (χ0v) is 12.7. The van der Waals surface area contributed by atoms with Gasteiger partial charge in [-0.1, -0.05) is 48.3 Å². The molecule has 20 heavy (non-hydrogen) atoms. The number of phenolic OH excluding ortho intramolecular Hbond substituents is 1. The van der Waals surface area contributed by atoms with Crippen molar-refractivity contribution in [1.82, 2.24) is 5.32 Å². The first kappa shape index (κ1) is 15.2. The van der Waals surface area contributed by atoms with Gasteiger partial charge in [-0.15, -0.1) is 0 Å². The molecular weight excluding hydrogens is 293 g/mol. The summed E-state index contributed by atoms with van der Waals surface area (Å²) in [4.78, 5) is 0. The van der Waals surface area contributed by atoms with Gasteiger partial charge in [0.05, 0.1) is 5.02 Å². The topological polar surface area (TPSA) is 32.3 Å². The highest BCUT2D eigenvalue weighted by atomic mass is 35.5. The molecule has 0 spiro atoms. The fourth-order valence-corrected chi connectivity index (χ4v) is 2.42.